The van der Waals surface area contributed by atoms with Gasteiger partial charge in [0, 0.05) is 6.04 Å². The molecule has 0 spiro atoms. The van der Waals surface area contributed by atoms with E-state index in [1.807, 2.05) is 0 Å². The number of carbonyl (C=O) groups is 2. The van der Waals surface area contributed by atoms with Crippen LogP contribution in [0, 0.1) is 0 Å². The molecular formula is C18H24N6O12P2-2. The largest absolute Gasteiger partial charge is 0.778 e. The first-order valence-electron chi connectivity index (χ1n) is 11.3. The number of aromatic nitrogens is 4. The van der Waals surface area contributed by atoms with Gasteiger partial charge in [0.15, 0.2) is 30.8 Å². The maximum absolute atomic E-state index is 12.4. The molecule has 38 heavy (non-hydrogen) atoms. The lowest BCUT2D eigenvalue weighted by Crippen LogP contribution is -2.36. The van der Waals surface area contributed by atoms with Crippen LogP contribution in [0.1, 0.15) is 31.9 Å². The summed E-state index contributed by atoms with van der Waals surface area (Å²) in [5, 5.41) is 34.8. The van der Waals surface area contributed by atoms with E-state index in [9.17, 15) is 38.7 Å². The minimum absolute atomic E-state index is 0.0557. The fourth-order valence-electron chi connectivity index (χ4n) is 4.16. The summed E-state index contributed by atoms with van der Waals surface area (Å²) in [5.41, 5.74) is 0.244. The standard InChI is InChI=1S/C18H26N6O12P2/c25-11(26)6-37(30,31)36-38(32,33)34-5-10-13(27)14(28)17(35-10)24-8-21-12-15(19-7-20-16(12)24)23-18(29)22-9-3-1-2-4-9/h7-10,13-14,17,27-28H,1-6H2,(H,25,26)(H,30,31)(H,32,33)(H2,19,20,22,23,29)/p-2/t10-,13+,14+,17-/m1/s1. The number of nitrogens with one attached hydrogen (secondary N) is 2. The topological polar surface area (TPSA) is 270 Å². The van der Waals surface area contributed by atoms with Crippen molar-refractivity contribution in [3.05, 3.63) is 12.7 Å². The van der Waals surface area contributed by atoms with Crippen LogP contribution in [0.15, 0.2) is 12.7 Å². The fraction of sp³-hybridized carbons (Fsp3) is 0.611. The monoisotopic (exact) mass is 578 g/mol. The Morgan fingerprint density at radius 1 is 1.16 bits per heavy atom. The Morgan fingerprint density at radius 2 is 1.87 bits per heavy atom. The van der Waals surface area contributed by atoms with Crippen LogP contribution in [0.2, 0.25) is 0 Å². The molecule has 0 aromatic carbocycles. The molecule has 4 rings (SSSR count). The van der Waals surface area contributed by atoms with Crippen LogP contribution in [-0.4, -0.2) is 84.0 Å². The van der Waals surface area contributed by atoms with E-state index in [0.717, 1.165) is 32.0 Å². The highest BCUT2D eigenvalue weighted by Crippen LogP contribution is 2.55. The number of anilines is 1. The number of hydrogen-bond acceptors (Lipinski definition) is 14. The van der Waals surface area contributed by atoms with Crippen LogP contribution >= 0.6 is 15.4 Å². The second-order valence-electron chi connectivity index (χ2n) is 8.66. The molecule has 210 valence electrons. The van der Waals surface area contributed by atoms with Gasteiger partial charge in [0.1, 0.15) is 30.8 Å². The van der Waals surface area contributed by atoms with E-state index < -0.39 is 64.7 Å². The van der Waals surface area contributed by atoms with Crippen molar-refractivity contribution >= 4 is 44.4 Å². The predicted octanol–water partition coefficient (Wildman–Crippen LogP) is -1.35. The van der Waals surface area contributed by atoms with E-state index in [-0.39, 0.29) is 23.0 Å². The number of urea groups is 1. The number of nitrogens with zero attached hydrogens (tertiary/aromatic N) is 4. The first kappa shape index (κ1) is 28.5. The number of carboxylic acids is 1. The fourth-order valence-corrected chi connectivity index (χ4v) is 6.46. The molecule has 6 atom stereocenters. The molecule has 1 saturated carbocycles. The third kappa shape index (κ3) is 6.72. The van der Waals surface area contributed by atoms with E-state index in [4.69, 9.17) is 9.84 Å². The van der Waals surface area contributed by atoms with Crippen molar-refractivity contribution < 1.29 is 57.4 Å². The molecule has 2 unspecified atom stereocenters. The molecule has 5 N–H and O–H groups in total. The molecule has 2 aromatic rings. The average Bonchev–Trinajstić information content (AvgIpc) is 3.52. The number of ether oxygens (including phenoxy) is 1. The summed E-state index contributed by atoms with van der Waals surface area (Å²) in [6.07, 6.45) is -1.64. The van der Waals surface area contributed by atoms with Crippen LogP contribution < -0.4 is 20.4 Å². The van der Waals surface area contributed by atoms with Gasteiger partial charge in [-0.3, -0.25) is 23.6 Å². The first-order chi connectivity index (χ1) is 17.8. The summed E-state index contributed by atoms with van der Waals surface area (Å²) in [4.78, 5) is 58.4. The Kier molecular flexibility index (Phi) is 8.46. The maximum atomic E-state index is 12.4. The zero-order valence-corrected chi connectivity index (χ0v) is 21.3. The lowest BCUT2D eigenvalue weighted by molar-refractivity contribution is -0.233. The normalized spacial score (nSPS) is 27.2. The number of aliphatic hydroxyl groups is 2. The van der Waals surface area contributed by atoms with Crippen LogP contribution in [0.25, 0.3) is 11.2 Å². The second kappa shape index (κ2) is 11.3. The number of phosphoric acid groups is 1. The van der Waals surface area contributed by atoms with Crippen LogP contribution in [0.4, 0.5) is 10.6 Å². The second-order valence-corrected chi connectivity index (χ2v) is 12.0. The Bertz CT molecular complexity index is 1290. The predicted molar refractivity (Wildman–Crippen MR) is 120 cm³/mol. The molecule has 2 fully saturated rings. The van der Waals surface area contributed by atoms with Gasteiger partial charge in [-0.2, -0.15) is 0 Å². The first-order valence-corrected chi connectivity index (χ1v) is 14.5. The van der Waals surface area contributed by atoms with E-state index in [2.05, 4.69) is 34.4 Å². The number of aliphatic carboxylic acids is 1. The zero-order valence-electron chi connectivity index (χ0n) is 19.5. The summed E-state index contributed by atoms with van der Waals surface area (Å²) in [6.45, 7) is -0.974. The zero-order chi connectivity index (χ0) is 27.7. The van der Waals surface area contributed by atoms with Crippen molar-refractivity contribution in [2.75, 3.05) is 18.1 Å². The molecule has 2 aliphatic rings. The Labute approximate surface area is 214 Å². The summed E-state index contributed by atoms with van der Waals surface area (Å²) < 4.78 is 38.3. The highest BCUT2D eigenvalue weighted by molar-refractivity contribution is 7.63. The number of fused-ring (bicyclic) bond motifs is 1. The van der Waals surface area contributed by atoms with E-state index in [0.29, 0.717) is 0 Å². The number of carbonyl (C=O) groups excluding carboxylic acids is 1. The molecule has 18 nitrogen and oxygen atoms in total. The minimum Gasteiger partial charge on any atom is -0.778 e. The number of carboxylic acid groups (broad SMARTS) is 1. The Morgan fingerprint density at radius 3 is 2.55 bits per heavy atom. The van der Waals surface area contributed by atoms with Gasteiger partial charge in [0.05, 0.1) is 12.9 Å². The minimum atomic E-state index is -5.57. The third-order valence-corrected chi connectivity index (χ3v) is 8.76. The summed E-state index contributed by atoms with van der Waals surface area (Å²) in [5.74, 6) is -1.77. The van der Waals surface area contributed by atoms with Gasteiger partial charge in [0.2, 0.25) is 0 Å². The van der Waals surface area contributed by atoms with E-state index in [1.165, 1.54) is 10.9 Å². The van der Waals surface area contributed by atoms with Crippen LogP contribution in [-0.2, 0) is 27.5 Å². The summed E-state index contributed by atoms with van der Waals surface area (Å²) >= 11 is 0. The smallest absolute Gasteiger partial charge is 0.320 e. The van der Waals surface area contributed by atoms with E-state index >= 15 is 0 Å². The Hall–Kier alpha value is -2.53. The van der Waals surface area contributed by atoms with Gasteiger partial charge in [-0.1, -0.05) is 12.8 Å². The number of rotatable bonds is 10. The van der Waals surface area contributed by atoms with Crippen molar-refractivity contribution in [3.8, 4) is 0 Å². The molecule has 0 radical (unpaired) electrons. The van der Waals surface area contributed by atoms with Gasteiger partial charge in [-0.15, -0.1) is 0 Å². The van der Waals surface area contributed by atoms with Crippen molar-refractivity contribution in [1.29, 1.82) is 0 Å². The molecule has 2 aromatic heterocycles. The van der Waals surface area contributed by atoms with Gasteiger partial charge in [0.25, 0.3) is 7.82 Å². The lowest BCUT2D eigenvalue weighted by Gasteiger charge is -2.31. The third-order valence-electron chi connectivity index (χ3n) is 5.84. The van der Waals surface area contributed by atoms with Gasteiger partial charge in [-0.25, -0.2) is 19.7 Å². The van der Waals surface area contributed by atoms with Crippen LogP contribution in [0.5, 0.6) is 0 Å². The van der Waals surface area contributed by atoms with Crippen molar-refractivity contribution in [2.24, 2.45) is 0 Å². The van der Waals surface area contributed by atoms with Gasteiger partial charge < -0.3 is 44.2 Å². The lowest BCUT2D eigenvalue weighted by atomic mass is 10.1. The van der Waals surface area contributed by atoms with Gasteiger partial charge >= 0.3 is 12.0 Å². The van der Waals surface area contributed by atoms with Crippen molar-refractivity contribution in [3.63, 3.8) is 0 Å². The van der Waals surface area contributed by atoms with Crippen LogP contribution in [0.3, 0.4) is 0 Å². The molecule has 1 aliphatic heterocycles. The average molecular weight is 578 g/mol. The van der Waals surface area contributed by atoms with Gasteiger partial charge in [-0.05, 0) is 12.8 Å². The molecule has 3 heterocycles. The quantitative estimate of drug-likeness (QED) is 0.204. The molecule has 0 bridgehead atoms. The molecule has 20 heteroatoms. The number of amides is 2. The highest BCUT2D eigenvalue weighted by atomic mass is 31.3. The Balaban J connectivity index is 1.43. The molecule has 1 saturated heterocycles. The number of aliphatic hydroxyl groups excluding tert-OH is 2. The number of phosphoric ester groups is 1. The SMILES string of the molecule is O=C(O)CP(=O)([O-])OP(=O)([O-])OC[C@H]1O[C@@H](n2cnc3c(NC(=O)NC4CCCC4)ncnc32)[C@@H](O)[C@H]1O. The number of hydrogen-bond donors (Lipinski definition) is 5. The summed E-state index contributed by atoms with van der Waals surface area (Å²) in [7, 11) is -10.9. The van der Waals surface area contributed by atoms with Crippen molar-refractivity contribution in [2.45, 2.75) is 56.3 Å². The summed E-state index contributed by atoms with van der Waals surface area (Å²) in [6, 6.07) is -0.424. The van der Waals surface area contributed by atoms with Crippen molar-refractivity contribution in [1.82, 2.24) is 24.8 Å². The molecule has 2 amide bonds. The molecular weight excluding hydrogens is 554 g/mol. The maximum Gasteiger partial charge on any atom is 0.320 e. The highest BCUT2D eigenvalue weighted by Gasteiger charge is 2.45. The molecule has 1 aliphatic carbocycles. The number of imidazole rings is 1. The van der Waals surface area contributed by atoms with E-state index in [1.54, 1.807) is 0 Å².